The van der Waals surface area contributed by atoms with Gasteiger partial charge >= 0.3 is 6.18 Å². The van der Waals surface area contributed by atoms with Gasteiger partial charge in [-0.2, -0.15) is 13.2 Å². The number of alkyl halides is 3. The summed E-state index contributed by atoms with van der Waals surface area (Å²) in [6, 6.07) is 5.58. The SMILES string of the molecule is CC(C)n1c2cc(Cl)ncc2c2c(OCC(F)(F)F)cc(N3CCN(C)CC3)cc21. The van der Waals surface area contributed by atoms with E-state index in [1.165, 1.54) is 0 Å². The molecule has 30 heavy (non-hydrogen) atoms. The average Bonchev–Trinajstić information content (AvgIpc) is 2.99. The van der Waals surface area contributed by atoms with Crippen LogP contribution in [0.15, 0.2) is 24.4 Å². The van der Waals surface area contributed by atoms with Crippen molar-refractivity contribution in [2.24, 2.45) is 0 Å². The maximum atomic E-state index is 13.0. The molecule has 0 aliphatic carbocycles. The number of hydrogen-bond donors (Lipinski definition) is 0. The summed E-state index contributed by atoms with van der Waals surface area (Å²) in [4.78, 5) is 8.58. The smallest absolute Gasteiger partial charge is 0.422 e. The van der Waals surface area contributed by atoms with E-state index in [2.05, 4.69) is 26.4 Å². The number of pyridine rings is 1. The molecule has 3 aromatic rings. The molecule has 0 atom stereocenters. The minimum Gasteiger partial charge on any atom is -0.483 e. The Balaban J connectivity index is 1.94. The Morgan fingerprint density at radius 3 is 2.43 bits per heavy atom. The fraction of sp³-hybridized carbons (Fsp3) is 0.476. The van der Waals surface area contributed by atoms with Gasteiger partial charge in [-0.3, -0.25) is 0 Å². The number of likely N-dealkylation sites (N-methyl/N-ethyl adjacent to an activating group) is 1. The summed E-state index contributed by atoms with van der Waals surface area (Å²) < 4.78 is 46.3. The van der Waals surface area contributed by atoms with Crippen LogP contribution >= 0.6 is 11.6 Å². The Bertz CT molecular complexity index is 1070. The summed E-state index contributed by atoms with van der Waals surface area (Å²) in [5, 5.41) is 1.69. The Morgan fingerprint density at radius 1 is 1.10 bits per heavy atom. The molecule has 0 unspecified atom stereocenters. The zero-order chi connectivity index (χ0) is 21.6. The number of halogens is 4. The van der Waals surface area contributed by atoms with Gasteiger partial charge in [0.05, 0.1) is 16.4 Å². The van der Waals surface area contributed by atoms with Crippen LogP contribution in [-0.4, -0.2) is 60.5 Å². The molecule has 1 aromatic carbocycles. The monoisotopic (exact) mass is 440 g/mol. The van der Waals surface area contributed by atoms with Gasteiger partial charge in [-0.05, 0) is 33.0 Å². The zero-order valence-corrected chi connectivity index (χ0v) is 17.9. The van der Waals surface area contributed by atoms with Gasteiger partial charge in [0.2, 0.25) is 0 Å². The van der Waals surface area contributed by atoms with Crippen molar-refractivity contribution in [2.45, 2.75) is 26.1 Å². The third-order valence-corrected chi connectivity index (χ3v) is 5.69. The number of nitrogens with zero attached hydrogens (tertiary/aromatic N) is 4. The number of piperazine rings is 1. The Hall–Kier alpha value is -2.19. The molecular weight excluding hydrogens is 417 g/mol. The van der Waals surface area contributed by atoms with Gasteiger partial charge in [-0.1, -0.05) is 11.6 Å². The van der Waals surface area contributed by atoms with Gasteiger partial charge < -0.3 is 19.1 Å². The number of hydrogen-bond acceptors (Lipinski definition) is 4. The van der Waals surface area contributed by atoms with Crippen molar-refractivity contribution >= 4 is 39.1 Å². The number of benzene rings is 1. The number of anilines is 1. The Morgan fingerprint density at radius 2 is 1.80 bits per heavy atom. The predicted octanol–water partition coefficient (Wildman–Crippen LogP) is 5.12. The lowest BCUT2D eigenvalue weighted by molar-refractivity contribution is -0.153. The molecule has 0 bridgehead atoms. The standard InChI is InChI=1S/C21H24ClF3N4O/c1-13(2)29-16-10-19(22)26-11-15(16)20-17(29)8-14(28-6-4-27(3)5-7-28)9-18(20)30-12-21(23,24)25/h8-11,13H,4-7,12H2,1-3H3. The number of fused-ring (bicyclic) bond motifs is 3. The van der Waals surface area contributed by atoms with Crippen molar-refractivity contribution in [3.8, 4) is 5.75 Å². The molecule has 0 radical (unpaired) electrons. The summed E-state index contributed by atoms with van der Waals surface area (Å²) >= 11 is 6.13. The van der Waals surface area contributed by atoms with Crippen molar-refractivity contribution in [3.63, 3.8) is 0 Å². The van der Waals surface area contributed by atoms with Crippen molar-refractivity contribution < 1.29 is 17.9 Å². The van der Waals surface area contributed by atoms with Gasteiger partial charge in [-0.25, -0.2) is 4.98 Å². The quantitative estimate of drug-likeness (QED) is 0.527. The third kappa shape index (κ3) is 4.03. The molecule has 3 heterocycles. The second kappa shape index (κ2) is 7.81. The molecule has 0 saturated carbocycles. The summed E-state index contributed by atoms with van der Waals surface area (Å²) in [7, 11) is 2.06. The van der Waals surface area contributed by atoms with E-state index in [-0.39, 0.29) is 11.8 Å². The first-order valence-electron chi connectivity index (χ1n) is 9.90. The highest BCUT2D eigenvalue weighted by atomic mass is 35.5. The first-order chi connectivity index (χ1) is 14.1. The molecule has 1 fully saturated rings. The Labute approximate surface area is 178 Å². The van der Waals surface area contributed by atoms with E-state index in [4.69, 9.17) is 16.3 Å². The summed E-state index contributed by atoms with van der Waals surface area (Å²) in [6.45, 7) is 6.11. The van der Waals surface area contributed by atoms with Crippen molar-refractivity contribution in [3.05, 3.63) is 29.5 Å². The minimum absolute atomic E-state index is 0.0710. The van der Waals surface area contributed by atoms with Crippen LogP contribution in [0.2, 0.25) is 5.15 Å². The highest BCUT2D eigenvalue weighted by Crippen LogP contribution is 2.41. The van der Waals surface area contributed by atoms with Crippen LogP contribution < -0.4 is 9.64 Å². The zero-order valence-electron chi connectivity index (χ0n) is 17.1. The largest absolute Gasteiger partial charge is 0.483 e. The molecule has 0 spiro atoms. The van der Waals surface area contributed by atoms with E-state index in [9.17, 15) is 13.2 Å². The van der Waals surface area contributed by atoms with E-state index >= 15 is 0 Å². The second-order valence-corrected chi connectivity index (χ2v) is 8.41. The van der Waals surface area contributed by atoms with Crippen molar-refractivity contribution in [2.75, 3.05) is 44.7 Å². The van der Waals surface area contributed by atoms with Gasteiger partial charge in [0.15, 0.2) is 6.61 Å². The highest BCUT2D eigenvalue weighted by molar-refractivity contribution is 6.30. The highest BCUT2D eigenvalue weighted by Gasteiger charge is 2.30. The van der Waals surface area contributed by atoms with Crippen LogP contribution in [0.25, 0.3) is 21.8 Å². The lowest BCUT2D eigenvalue weighted by atomic mass is 10.1. The fourth-order valence-electron chi connectivity index (χ4n) is 4.07. The molecule has 1 saturated heterocycles. The number of rotatable bonds is 4. The molecule has 9 heteroatoms. The van der Waals surface area contributed by atoms with E-state index in [1.54, 1.807) is 18.3 Å². The maximum absolute atomic E-state index is 13.0. The van der Waals surface area contributed by atoms with Gasteiger partial charge in [0.1, 0.15) is 10.9 Å². The molecule has 1 aliphatic rings. The number of ether oxygens (including phenoxy) is 1. The molecule has 162 valence electrons. The van der Waals surface area contributed by atoms with Crippen LogP contribution in [0.1, 0.15) is 19.9 Å². The lowest BCUT2D eigenvalue weighted by Crippen LogP contribution is -2.44. The molecule has 0 amide bonds. The minimum atomic E-state index is -4.42. The molecular formula is C21H24ClF3N4O. The fourth-order valence-corrected chi connectivity index (χ4v) is 4.22. The van der Waals surface area contributed by atoms with Gasteiger partial charge in [-0.15, -0.1) is 0 Å². The molecule has 4 rings (SSSR count). The second-order valence-electron chi connectivity index (χ2n) is 8.02. The van der Waals surface area contributed by atoms with Crippen molar-refractivity contribution in [1.29, 1.82) is 0 Å². The first kappa shape index (κ1) is 21.1. The molecule has 1 aliphatic heterocycles. The van der Waals surface area contributed by atoms with Crippen LogP contribution in [0, 0.1) is 0 Å². The molecule has 2 aromatic heterocycles. The Kier molecular flexibility index (Phi) is 5.48. The summed E-state index contributed by atoms with van der Waals surface area (Å²) in [5.74, 6) is 0.215. The van der Waals surface area contributed by atoms with Crippen LogP contribution in [0.5, 0.6) is 5.75 Å². The lowest BCUT2D eigenvalue weighted by Gasteiger charge is -2.34. The summed E-state index contributed by atoms with van der Waals surface area (Å²) in [5.41, 5.74) is 2.50. The van der Waals surface area contributed by atoms with Crippen molar-refractivity contribution in [1.82, 2.24) is 14.5 Å². The first-order valence-corrected chi connectivity index (χ1v) is 10.3. The van der Waals surface area contributed by atoms with E-state index in [0.29, 0.717) is 10.5 Å². The predicted molar refractivity (Wildman–Crippen MR) is 114 cm³/mol. The summed E-state index contributed by atoms with van der Waals surface area (Å²) in [6.07, 6.45) is -2.82. The van der Waals surface area contributed by atoms with E-state index < -0.39 is 12.8 Å². The van der Waals surface area contributed by atoms with Gasteiger partial charge in [0.25, 0.3) is 0 Å². The topological polar surface area (TPSA) is 33.5 Å². The third-order valence-electron chi connectivity index (χ3n) is 5.48. The van der Waals surface area contributed by atoms with Crippen LogP contribution in [0.3, 0.4) is 0 Å². The maximum Gasteiger partial charge on any atom is 0.422 e. The molecule has 0 N–H and O–H groups in total. The van der Waals surface area contributed by atoms with Gasteiger partial charge in [0, 0.05) is 55.6 Å². The normalized spacial score (nSPS) is 16.2. The van der Waals surface area contributed by atoms with E-state index in [1.807, 2.05) is 19.9 Å². The van der Waals surface area contributed by atoms with Crippen LogP contribution in [0.4, 0.5) is 18.9 Å². The average molecular weight is 441 g/mol. The van der Waals surface area contributed by atoms with Crippen LogP contribution in [-0.2, 0) is 0 Å². The number of aromatic nitrogens is 2. The molecule has 5 nitrogen and oxygen atoms in total. The van der Waals surface area contributed by atoms with E-state index in [0.717, 1.165) is 48.3 Å².